The molecule has 2 aromatic carbocycles. The van der Waals surface area contributed by atoms with Gasteiger partial charge < -0.3 is 15.0 Å². The highest BCUT2D eigenvalue weighted by atomic mass is 16.5. The standard InChI is InChI=1S/C22H24N2O4/c1-15-10-12-24(13-11-15)21(26)17-8-6-16(7-9-17)20(25)23-19-5-3-4-18(14-19)22(27)28-2/h3-9,14-15H,10-13H2,1-2H3,(H,23,25). The fourth-order valence-corrected chi connectivity index (χ4v) is 3.20. The quantitative estimate of drug-likeness (QED) is 0.823. The van der Waals surface area contributed by atoms with Crippen LogP contribution in [0.15, 0.2) is 48.5 Å². The molecule has 1 aliphatic rings. The number of anilines is 1. The van der Waals surface area contributed by atoms with Crippen LogP contribution in [0, 0.1) is 5.92 Å². The van der Waals surface area contributed by atoms with Gasteiger partial charge in [0.1, 0.15) is 0 Å². The van der Waals surface area contributed by atoms with Gasteiger partial charge in [0.25, 0.3) is 11.8 Å². The molecule has 146 valence electrons. The van der Waals surface area contributed by atoms with Crippen molar-refractivity contribution in [2.75, 3.05) is 25.5 Å². The summed E-state index contributed by atoms with van der Waals surface area (Å²) in [5.41, 5.74) is 1.87. The maximum absolute atomic E-state index is 12.6. The number of methoxy groups -OCH3 is 1. The number of carbonyl (C=O) groups is 3. The van der Waals surface area contributed by atoms with E-state index in [0.717, 1.165) is 25.9 Å². The summed E-state index contributed by atoms with van der Waals surface area (Å²) in [4.78, 5) is 38.5. The zero-order valence-electron chi connectivity index (χ0n) is 16.1. The van der Waals surface area contributed by atoms with Gasteiger partial charge in [0, 0.05) is 29.9 Å². The van der Waals surface area contributed by atoms with Gasteiger partial charge in [-0.15, -0.1) is 0 Å². The maximum atomic E-state index is 12.6. The third kappa shape index (κ3) is 4.57. The predicted octanol–water partition coefficient (Wildman–Crippen LogP) is 3.60. The summed E-state index contributed by atoms with van der Waals surface area (Å²) in [6, 6.07) is 13.2. The highest BCUT2D eigenvalue weighted by Crippen LogP contribution is 2.19. The summed E-state index contributed by atoms with van der Waals surface area (Å²) >= 11 is 0. The Morgan fingerprint density at radius 3 is 2.25 bits per heavy atom. The molecule has 1 fully saturated rings. The average molecular weight is 380 g/mol. The Morgan fingerprint density at radius 2 is 1.61 bits per heavy atom. The SMILES string of the molecule is COC(=O)c1cccc(NC(=O)c2ccc(C(=O)N3CCC(C)CC3)cc2)c1. The lowest BCUT2D eigenvalue weighted by molar-refractivity contribution is 0.0600. The van der Waals surface area contributed by atoms with Gasteiger partial charge in [-0.3, -0.25) is 9.59 Å². The van der Waals surface area contributed by atoms with Crippen LogP contribution < -0.4 is 5.32 Å². The van der Waals surface area contributed by atoms with Crippen molar-refractivity contribution in [3.63, 3.8) is 0 Å². The molecule has 0 aliphatic carbocycles. The van der Waals surface area contributed by atoms with E-state index in [2.05, 4.69) is 17.0 Å². The number of nitrogens with one attached hydrogen (secondary N) is 1. The van der Waals surface area contributed by atoms with E-state index in [1.54, 1.807) is 48.5 Å². The predicted molar refractivity (Wildman–Crippen MR) is 106 cm³/mol. The number of hydrogen-bond donors (Lipinski definition) is 1. The molecule has 0 radical (unpaired) electrons. The number of esters is 1. The van der Waals surface area contributed by atoms with Gasteiger partial charge in [-0.25, -0.2) is 4.79 Å². The zero-order chi connectivity index (χ0) is 20.1. The number of ether oxygens (including phenoxy) is 1. The first kappa shape index (κ1) is 19.6. The molecule has 6 heteroatoms. The fraction of sp³-hybridized carbons (Fsp3) is 0.318. The number of piperidine rings is 1. The van der Waals surface area contributed by atoms with Gasteiger partial charge in [0.2, 0.25) is 0 Å². The number of hydrogen-bond acceptors (Lipinski definition) is 4. The monoisotopic (exact) mass is 380 g/mol. The molecule has 0 spiro atoms. The van der Waals surface area contributed by atoms with Crippen LogP contribution in [0.1, 0.15) is 50.8 Å². The minimum Gasteiger partial charge on any atom is -0.465 e. The normalized spacial score (nSPS) is 14.4. The lowest BCUT2D eigenvalue weighted by atomic mass is 9.98. The van der Waals surface area contributed by atoms with Gasteiger partial charge in [-0.1, -0.05) is 13.0 Å². The summed E-state index contributed by atoms with van der Waals surface area (Å²) in [6.07, 6.45) is 2.05. The summed E-state index contributed by atoms with van der Waals surface area (Å²) in [5.74, 6) is -0.115. The minimum absolute atomic E-state index is 0.00429. The smallest absolute Gasteiger partial charge is 0.337 e. The number of likely N-dealkylation sites (tertiary alicyclic amines) is 1. The van der Waals surface area contributed by atoms with E-state index in [-0.39, 0.29) is 11.8 Å². The van der Waals surface area contributed by atoms with Crippen LogP contribution in [0.25, 0.3) is 0 Å². The molecule has 1 N–H and O–H groups in total. The van der Waals surface area contributed by atoms with E-state index in [9.17, 15) is 14.4 Å². The van der Waals surface area contributed by atoms with E-state index >= 15 is 0 Å². The Morgan fingerprint density at radius 1 is 0.964 bits per heavy atom. The van der Waals surface area contributed by atoms with Crippen LogP contribution in [-0.4, -0.2) is 42.9 Å². The van der Waals surface area contributed by atoms with Crippen molar-refractivity contribution in [2.45, 2.75) is 19.8 Å². The Balaban J connectivity index is 1.65. The molecule has 3 rings (SSSR count). The third-order valence-corrected chi connectivity index (χ3v) is 5.01. The van der Waals surface area contributed by atoms with Gasteiger partial charge in [-0.05, 0) is 61.2 Å². The summed E-state index contributed by atoms with van der Waals surface area (Å²) in [5, 5.41) is 2.75. The Bertz CT molecular complexity index is 868. The van der Waals surface area contributed by atoms with Crippen molar-refractivity contribution in [3.8, 4) is 0 Å². The molecular weight excluding hydrogens is 356 g/mol. The van der Waals surface area contributed by atoms with Crippen molar-refractivity contribution in [1.82, 2.24) is 4.90 Å². The second kappa shape index (κ2) is 8.69. The topological polar surface area (TPSA) is 75.7 Å². The zero-order valence-corrected chi connectivity index (χ0v) is 16.1. The van der Waals surface area contributed by atoms with Gasteiger partial charge >= 0.3 is 5.97 Å². The molecular formula is C22H24N2O4. The van der Waals surface area contributed by atoms with Crippen molar-refractivity contribution >= 4 is 23.5 Å². The maximum Gasteiger partial charge on any atom is 0.337 e. The van der Waals surface area contributed by atoms with Crippen molar-refractivity contribution < 1.29 is 19.1 Å². The number of nitrogens with zero attached hydrogens (tertiary/aromatic N) is 1. The van der Waals surface area contributed by atoms with Crippen LogP contribution in [-0.2, 0) is 4.74 Å². The van der Waals surface area contributed by atoms with Crippen LogP contribution in [0.3, 0.4) is 0 Å². The molecule has 1 saturated heterocycles. The number of amides is 2. The van der Waals surface area contributed by atoms with E-state index < -0.39 is 5.97 Å². The lowest BCUT2D eigenvalue weighted by Crippen LogP contribution is -2.37. The van der Waals surface area contributed by atoms with E-state index in [0.29, 0.717) is 28.3 Å². The van der Waals surface area contributed by atoms with Gasteiger partial charge in [0.15, 0.2) is 0 Å². The number of carbonyl (C=O) groups excluding carboxylic acids is 3. The van der Waals surface area contributed by atoms with Crippen LogP contribution >= 0.6 is 0 Å². The van der Waals surface area contributed by atoms with Crippen LogP contribution in [0.4, 0.5) is 5.69 Å². The molecule has 0 saturated carbocycles. The lowest BCUT2D eigenvalue weighted by Gasteiger charge is -2.30. The van der Waals surface area contributed by atoms with Crippen molar-refractivity contribution in [1.29, 1.82) is 0 Å². The number of benzene rings is 2. The average Bonchev–Trinajstić information content (AvgIpc) is 2.73. The summed E-state index contributed by atoms with van der Waals surface area (Å²) < 4.78 is 4.68. The van der Waals surface area contributed by atoms with E-state index in [4.69, 9.17) is 0 Å². The molecule has 2 amide bonds. The van der Waals surface area contributed by atoms with E-state index in [1.165, 1.54) is 7.11 Å². The Hall–Kier alpha value is -3.15. The molecule has 28 heavy (non-hydrogen) atoms. The van der Waals surface area contributed by atoms with Crippen molar-refractivity contribution in [2.24, 2.45) is 5.92 Å². The van der Waals surface area contributed by atoms with Crippen LogP contribution in [0.2, 0.25) is 0 Å². The minimum atomic E-state index is -0.467. The summed E-state index contributed by atoms with van der Waals surface area (Å²) in [7, 11) is 1.31. The third-order valence-electron chi connectivity index (χ3n) is 5.01. The Kier molecular flexibility index (Phi) is 6.09. The molecule has 0 atom stereocenters. The first-order chi connectivity index (χ1) is 13.5. The number of rotatable bonds is 4. The highest BCUT2D eigenvalue weighted by Gasteiger charge is 2.21. The molecule has 0 bridgehead atoms. The molecule has 6 nitrogen and oxygen atoms in total. The molecule has 0 unspecified atom stereocenters. The van der Waals surface area contributed by atoms with E-state index in [1.807, 2.05) is 4.90 Å². The molecule has 2 aromatic rings. The first-order valence-electron chi connectivity index (χ1n) is 9.37. The second-order valence-corrected chi connectivity index (χ2v) is 7.08. The molecule has 1 aliphatic heterocycles. The largest absolute Gasteiger partial charge is 0.465 e. The van der Waals surface area contributed by atoms with Crippen molar-refractivity contribution in [3.05, 3.63) is 65.2 Å². The Labute approximate surface area is 164 Å². The van der Waals surface area contributed by atoms with Gasteiger partial charge in [0.05, 0.1) is 12.7 Å². The molecule has 0 aromatic heterocycles. The second-order valence-electron chi connectivity index (χ2n) is 7.08. The summed E-state index contributed by atoms with van der Waals surface area (Å²) in [6.45, 7) is 3.76. The highest BCUT2D eigenvalue weighted by molar-refractivity contribution is 6.05. The molecule has 1 heterocycles. The van der Waals surface area contributed by atoms with Crippen LogP contribution in [0.5, 0.6) is 0 Å². The first-order valence-corrected chi connectivity index (χ1v) is 9.37. The fourth-order valence-electron chi connectivity index (χ4n) is 3.20. The van der Waals surface area contributed by atoms with Gasteiger partial charge in [-0.2, -0.15) is 0 Å².